The predicted octanol–water partition coefficient (Wildman–Crippen LogP) is 6.14. The molecule has 0 heterocycles. The lowest BCUT2D eigenvalue weighted by Crippen LogP contribution is -2.17. The lowest BCUT2D eigenvalue weighted by atomic mass is 10.2. The number of nitrogens with one attached hydrogen (secondary N) is 1. The first-order chi connectivity index (χ1) is 13.9. The number of rotatable bonds is 6. The van der Waals surface area contributed by atoms with Gasteiger partial charge in [-0.05, 0) is 105 Å². The third kappa shape index (κ3) is 6.48. The van der Waals surface area contributed by atoms with Crippen molar-refractivity contribution in [3.05, 3.63) is 94.8 Å². The molecular weight excluding hydrogens is 665 g/mol. The molecule has 8 heteroatoms. The van der Waals surface area contributed by atoms with Crippen molar-refractivity contribution in [3.8, 4) is 5.75 Å². The van der Waals surface area contributed by atoms with Crippen LogP contribution in [-0.4, -0.2) is 12.1 Å². The van der Waals surface area contributed by atoms with Crippen LogP contribution in [0.25, 0.3) is 0 Å². The van der Waals surface area contributed by atoms with E-state index < -0.39 is 11.7 Å². The summed E-state index contributed by atoms with van der Waals surface area (Å²) < 4.78 is 21.8. The first-order valence-corrected chi connectivity index (χ1v) is 11.3. The molecule has 0 aliphatic rings. The zero-order chi connectivity index (χ0) is 20.8. The van der Waals surface area contributed by atoms with Gasteiger partial charge in [0.25, 0.3) is 5.91 Å². The highest BCUT2D eigenvalue weighted by atomic mass is 127. The van der Waals surface area contributed by atoms with Gasteiger partial charge in [-0.3, -0.25) is 4.79 Å². The number of ether oxygens (including phenoxy) is 1. The molecule has 0 aliphatic heterocycles. The number of benzene rings is 3. The summed E-state index contributed by atoms with van der Waals surface area (Å²) in [6.45, 7) is 0.473. The van der Waals surface area contributed by atoms with E-state index in [1.54, 1.807) is 6.21 Å². The molecule has 3 rings (SSSR count). The molecule has 0 atom stereocenters. The minimum Gasteiger partial charge on any atom is -0.487 e. The Kier molecular flexibility index (Phi) is 8.01. The highest BCUT2D eigenvalue weighted by Crippen LogP contribution is 2.29. The normalized spacial score (nSPS) is 10.9. The summed E-state index contributed by atoms with van der Waals surface area (Å²) in [5, 5.41) is 3.98. The van der Waals surface area contributed by atoms with Crippen molar-refractivity contribution in [2.75, 3.05) is 0 Å². The van der Waals surface area contributed by atoms with E-state index >= 15 is 0 Å². The number of carbonyl (C=O) groups is 1. The van der Waals surface area contributed by atoms with Gasteiger partial charge in [-0.1, -0.05) is 28.1 Å². The van der Waals surface area contributed by atoms with Crippen LogP contribution in [0.15, 0.2) is 70.2 Å². The molecule has 29 heavy (non-hydrogen) atoms. The van der Waals surface area contributed by atoms with E-state index in [1.807, 2.05) is 36.4 Å². The molecule has 1 N–H and O–H groups in total. The fourth-order valence-electron chi connectivity index (χ4n) is 2.36. The third-order valence-electron chi connectivity index (χ3n) is 3.80. The Labute approximate surface area is 203 Å². The van der Waals surface area contributed by atoms with Gasteiger partial charge in [0.1, 0.15) is 18.2 Å². The van der Waals surface area contributed by atoms with E-state index in [-0.39, 0.29) is 0 Å². The maximum absolute atomic E-state index is 12.9. The smallest absolute Gasteiger partial charge is 0.271 e. The molecule has 0 radical (unpaired) electrons. The van der Waals surface area contributed by atoms with Crippen LogP contribution in [0.3, 0.4) is 0 Å². The number of hydrogen-bond donors (Lipinski definition) is 1. The van der Waals surface area contributed by atoms with Crippen LogP contribution in [0.2, 0.25) is 0 Å². The lowest BCUT2D eigenvalue weighted by molar-refractivity contribution is 0.0955. The maximum atomic E-state index is 12.9. The van der Waals surface area contributed by atoms with Crippen molar-refractivity contribution in [2.24, 2.45) is 5.10 Å². The first kappa shape index (κ1) is 22.2. The number of nitrogens with zero attached hydrogens (tertiary/aromatic N) is 1. The highest BCUT2D eigenvalue weighted by Gasteiger charge is 2.09. The molecule has 0 bridgehead atoms. The van der Waals surface area contributed by atoms with E-state index in [4.69, 9.17) is 4.74 Å². The average molecular weight is 679 g/mol. The molecule has 3 aromatic carbocycles. The van der Waals surface area contributed by atoms with Gasteiger partial charge >= 0.3 is 0 Å². The minimum absolute atomic E-state index is 0.337. The van der Waals surface area contributed by atoms with Crippen molar-refractivity contribution in [3.63, 3.8) is 0 Å². The molecule has 3 aromatic rings. The van der Waals surface area contributed by atoms with Gasteiger partial charge < -0.3 is 4.74 Å². The number of hydrazone groups is 1. The second-order valence-corrected chi connectivity index (χ2v) is 9.17. The fraction of sp³-hybridized carbons (Fsp3) is 0.0476. The average Bonchev–Trinajstić information content (AvgIpc) is 2.69. The molecule has 0 aliphatic carbocycles. The fourth-order valence-corrected chi connectivity index (χ4v) is 4.75. The summed E-state index contributed by atoms with van der Waals surface area (Å²) in [5.74, 6) is 0.0124. The summed E-state index contributed by atoms with van der Waals surface area (Å²) in [5.41, 5.74) is 4.68. The van der Waals surface area contributed by atoms with Crippen LogP contribution in [0, 0.1) is 13.0 Å². The van der Waals surface area contributed by atoms with E-state index in [1.165, 1.54) is 24.3 Å². The molecule has 0 fully saturated rings. The first-order valence-electron chi connectivity index (χ1n) is 8.37. The Morgan fingerprint density at radius 2 is 1.69 bits per heavy atom. The molecule has 0 spiro atoms. The van der Waals surface area contributed by atoms with E-state index in [0.29, 0.717) is 12.2 Å². The van der Waals surface area contributed by atoms with Crippen LogP contribution in [0.1, 0.15) is 21.5 Å². The van der Waals surface area contributed by atoms with Crippen molar-refractivity contribution in [1.29, 1.82) is 0 Å². The van der Waals surface area contributed by atoms with Gasteiger partial charge in [-0.15, -0.1) is 0 Å². The SMILES string of the molecule is O=C(N/N=C\c1cc(I)c(OCc2ccc(Br)cc2)c(I)c1)c1ccc(F)cc1. The monoisotopic (exact) mass is 678 g/mol. The van der Waals surface area contributed by atoms with Crippen molar-refractivity contribution >= 4 is 73.2 Å². The van der Waals surface area contributed by atoms with Crippen LogP contribution in [0.5, 0.6) is 5.75 Å². The Balaban J connectivity index is 1.63. The maximum Gasteiger partial charge on any atom is 0.271 e. The van der Waals surface area contributed by atoms with Gasteiger partial charge in [0.15, 0.2) is 0 Å². The van der Waals surface area contributed by atoms with E-state index in [2.05, 4.69) is 71.6 Å². The van der Waals surface area contributed by atoms with Crippen LogP contribution in [-0.2, 0) is 6.61 Å². The highest BCUT2D eigenvalue weighted by molar-refractivity contribution is 14.1. The largest absolute Gasteiger partial charge is 0.487 e. The van der Waals surface area contributed by atoms with Gasteiger partial charge in [-0.2, -0.15) is 5.10 Å². The number of carbonyl (C=O) groups excluding carboxylic acids is 1. The summed E-state index contributed by atoms with van der Waals surface area (Å²) in [6.07, 6.45) is 1.56. The van der Waals surface area contributed by atoms with Crippen LogP contribution < -0.4 is 10.2 Å². The molecule has 1 amide bonds. The molecule has 0 aromatic heterocycles. The zero-order valence-electron chi connectivity index (χ0n) is 14.8. The van der Waals surface area contributed by atoms with Gasteiger partial charge in [-0.25, -0.2) is 9.82 Å². The summed E-state index contributed by atoms with van der Waals surface area (Å²) in [7, 11) is 0. The molecule has 148 valence electrons. The molecule has 0 saturated heterocycles. The molecule has 0 saturated carbocycles. The summed E-state index contributed by atoms with van der Waals surface area (Å²) in [6, 6.07) is 17.1. The Morgan fingerprint density at radius 1 is 1.07 bits per heavy atom. The van der Waals surface area contributed by atoms with E-state index in [0.717, 1.165) is 28.5 Å². The second-order valence-electron chi connectivity index (χ2n) is 5.93. The van der Waals surface area contributed by atoms with Crippen molar-refractivity contribution < 1.29 is 13.9 Å². The van der Waals surface area contributed by atoms with Crippen LogP contribution in [0.4, 0.5) is 4.39 Å². The Morgan fingerprint density at radius 3 is 2.31 bits per heavy atom. The number of hydrogen-bond acceptors (Lipinski definition) is 3. The third-order valence-corrected chi connectivity index (χ3v) is 5.93. The van der Waals surface area contributed by atoms with Gasteiger partial charge in [0.05, 0.1) is 13.4 Å². The molecule has 0 unspecified atom stereocenters. The number of amides is 1. The van der Waals surface area contributed by atoms with E-state index in [9.17, 15) is 9.18 Å². The second kappa shape index (κ2) is 10.5. The quantitative estimate of drug-likeness (QED) is 0.194. The van der Waals surface area contributed by atoms with Crippen LogP contribution >= 0.6 is 61.1 Å². The van der Waals surface area contributed by atoms with Gasteiger partial charge in [0, 0.05) is 10.0 Å². The molecule has 4 nitrogen and oxygen atoms in total. The predicted molar refractivity (Wildman–Crippen MR) is 132 cm³/mol. The summed E-state index contributed by atoms with van der Waals surface area (Å²) >= 11 is 7.85. The zero-order valence-corrected chi connectivity index (χ0v) is 20.7. The Hall–Kier alpha value is -1.53. The minimum atomic E-state index is -0.403. The van der Waals surface area contributed by atoms with Crippen molar-refractivity contribution in [1.82, 2.24) is 5.43 Å². The lowest BCUT2D eigenvalue weighted by Gasteiger charge is -2.11. The number of halogens is 4. The summed E-state index contributed by atoms with van der Waals surface area (Å²) in [4.78, 5) is 12.0. The van der Waals surface area contributed by atoms with Gasteiger partial charge in [0.2, 0.25) is 0 Å². The Bertz CT molecular complexity index is 1020. The standard InChI is InChI=1S/C21H14BrFI2N2O2/c22-16-5-1-13(2-6-16)12-29-20-18(24)9-14(10-19(20)25)11-26-27-21(28)15-3-7-17(23)8-4-15/h1-11H,12H2,(H,27,28)/b26-11-. The molecular formula is C21H14BrFI2N2O2. The van der Waals surface area contributed by atoms with Crippen molar-refractivity contribution in [2.45, 2.75) is 6.61 Å². The topological polar surface area (TPSA) is 50.7 Å².